The molecule has 0 amide bonds. The van der Waals surface area contributed by atoms with E-state index in [0.29, 0.717) is 6.54 Å². The van der Waals surface area contributed by atoms with Crippen LogP contribution >= 0.6 is 0 Å². The van der Waals surface area contributed by atoms with Crippen LogP contribution in [0.4, 0.5) is 0 Å². The summed E-state index contributed by atoms with van der Waals surface area (Å²) in [7, 11) is -2.52. The van der Waals surface area contributed by atoms with Crippen LogP contribution in [0, 0.1) is 0 Å². The fourth-order valence-electron chi connectivity index (χ4n) is 1.91. The number of rotatable bonds is 3. The maximum Gasteiger partial charge on any atom is 0.374 e. The predicted octanol–water partition coefficient (Wildman–Crippen LogP) is 1.41. The molecule has 0 saturated carbocycles. The first kappa shape index (κ1) is 13.8. The van der Waals surface area contributed by atoms with Crippen LogP contribution in [0.15, 0.2) is 33.8 Å². The lowest BCUT2D eigenvalue weighted by atomic mass is 10.1. The van der Waals surface area contributed by atoms with Crippen molar-refractivity contribution in [1.29, 1.82) is 0 Å². The van der Waals surface area contributed by atoms with Gasteiger partial charge in [0.2, 0.25) is 10.9 Å². The van der Waals surface area contributed by atoms with E-state index in [0.717, 1.165) is 18.4 Å². The lowest BCUT2D eigenvalue weighted by Crippen LogP contribution is -2.36. The highest BCUT2D eigenvalue weighted by Gasteiger charge is 2.30. The van der Waals surface area contributed by atoms with E-state index in [1.165, 1.54) is 23.5 Å². The summed E-state index contributed by atoms with van der Waals surface area (Å²) < 4.78 is 35.4. The number of nitrogens with zero attached hydrogens (tertiary/aromatic N) is 1. The van der Waals surface area contributed by atoms with E-state index in [-0.39, 0.29) is 17.4 Å². The van der Waals surface area contributed by atoms with Crippen LogP contribution in [0.1, 0.15) is 23.4 Å². The van der Waals surface area contributed by atoms with Crippen LogP contribution < -0.4 is 0 Å². The van der Waals surface area contributed by atoms with Crippen LogP contribution in [0.5, 0.6) is 0 Å². The Kier molecular flexibility index (Phi) is 3.77. The first-order valence-electron chi connectivity index (χ1n) is 5.80. The molecule has 1 fully saturated rings. The molecule has 1 aromatic rings. The minimum atomic E-state index is -3.72. The van der Waals surface area contributed by atoms with E-state index in [1.54, 1.807) is 0 Å². The van der Waals surface area contributed by atoms with E-state index in [2.05, 4.69) is 11.3 Å². The summed E-state index contributed by atoms with van der Waals surface area (Å²) in [5, 5.41) is -0.248. The van der Waals surface area contributed by atoms with Gasteiger partial charge < -0.3 is 9.15 Å². The second-order valence-corrected chi connectivity index (χ2v) is 6.17. The van der Waals surface area contributed by atoms with Crippen LogP contribution in [-0.2, 0) is 14.8 Å². The van der Waals surface area contributed by atoms with Crippen molar-refractivity contribution in [2.45, 2.75) is 17.9 Å². The molecule has 0 bridgehead atoms. The van der Waals surface area contributed by atoms with Crippen LogP contribution in [0.25, 0.3) is 0 Å². The molecule has 2 heterocycles. The molecule has 7 heteroatoms. The van der Waals surface area contributed by atoms with Crippen LogP contribution in [0.3, 0.4) is 0 Å². The van der Waals surface area contributed by atoms with Gasteiger partial charge in [-0.2, -0.15) is 4.31 Å². The van der Waals surface area contributed by atoms with Crippen molar-refractivity contribution in [2.24, 2.45) is 0 Å². The maximum atomic E-state index is 12.3. The Bertz CT molecular complexity index is 601. The molecule has 0 spiro atoms. The Hall–Kier alpha value is -1.60. The number of hydrogen-bond acceptors (Lipinski definition) is 5. The van der Waals surface area contributed by atoms with Gasteiger partial charge >= 0.3 is 5.97 Å². The Morgan fingerprint density at radius 2 is 2.21 bits per heavy atom. The van der Waals surface area contributed by atoms with Gasteiger partial charge in [-0.25, -0.2) is 13.2 Å². The number of carbonyl (C=O) groups is 1. The van der Waals surface area contributed by atoms with E-state index >= 15 is 0 Å². The number of furan rings is 1. The molecule has 6 nitrogen and oxygen atoms in total. The van der Waals surface area contributed by atoms with Crippen molar-refractivity contribution >= 4 is 16.0 Å². The second-order valence-electron chi connectivity index (χ2n) is 4.30. The largest absolute Gasteiger partial charge is 0.463 e. The molecular formula is C12H15NO5S. The number of sulfonamides is 1. The fourth-order valence-corrected chi connectivity index (χ4v) is 3.33. The summed E-state index contributed by atoms with van der Waals surface area (Å²) in [4.78, 5) is 11.2. The molecule has 2 rings (SSSR count). The van der Waals surface area contributed by atoms with Crippen molar-refractivity contribution in [1.82, 2.24) is 4.31 Å². The predicted molar refractivity (Wildman–Crippen MR) is 67.2 cm³/mol. The van der Waals surface area contributed by atoms with Crippen molar-refractivity contribution in [3.05, 3.63) is 30.0 Å². The summed E-state index contributed by atoms with van der Waals surface area (Å²) in [6.07, 6.45) is 1.57. The first-order valence-corrected chi connectivity index (χ1v) is 7.24. The van der Waals surface area contributed by atoms with Gasteiger partial charge in [0.05, 0.1) is 7.11 Å². The number of carbonyl (C=O) groups excluding carboxylic acids is 1. The summed E-state index contributed by atoms with van der Waals surface area (Å²) >= 11 is 0. The number of hydrogen-bond donors (Lipinski definition) is 0. The molecule has 0 aliphatic carbocycles. The van der Waals surface area contributed by atoms with Crippen molar-refractivity contribution < 1.29 is 22.4 Å². The molecule has 0 radical (unpaired) electrons. The molecular weight excluding hydrogens is 270 g/mol. The Balaban J connectivity index is 2.26. The molecule has 0 aromatic carbocycles. The highest BCUT2D eigenvalue weighted by molar-refractivity contribution is 7.89. The highest BCUT2D eigenvalue weighted by Crippen LogP contribution is 2.24. The Labute approximate surface area is 111 Å². The topological polar surface area (TPSA) is 76.8 Å². The van der Waals surface area contributed by atoms with Crippen LogP contribution in [0.2, 0.25) is 0 Å². The Morgan fingerprint density at radius 1 is 1.47 bits per heavy atom. The summed E-state index contributed by atoms with van der Waals surface area (Å²) in [6.45, 7) is 4.52. The summed E-state index contributed by atoms with van der Waals surface area (Å²) in [5.74, 6) is -0.832. The number of esters is 1. The molecule has 1 saturated heterocycles. The zero-order valence-corrected chi connectivity index (χ0v) is 11.4. The quantitative estimate of drug-likeness (QED) is 0.620. The zero-order valence-electron chi connectivity index (χ0n) is 10.6. The third-order valence-corrected chi connectivity index (χ3v) is 4.62. The molecule has 0 unspecified atom stereocenters. The normalized spacial score (nSPS) is 17.4. The van der Waals surface area contributed by atoms with Crippen molar-refractivity contribution in [3.8, 4) is 0 Å². The van der Waals surface area contributed by atoms with Gasteiger partial charge in [0.25, 0.3) is 10.0 Å². The van der Waals surface area contributed by atoms with Gasteiger partial charge in [-0.05, 0) is 25.0 Å². The van der Waals surface area contributed by atoms with E-state index < -0.39 is 16.0 Å². The molecule has 0 atom stereocenters. The lowest BCUT2D eigenvalue weighted by molar-refractivity contribution is 0.0558. The number of methoxy groups -OCH3 is 1. The number of piperidine rings is 1. The van der Waals surface area contributed by atoms with Gasteiger partial charge in [0.1, 0.15) is 0 Å². The molecule has 19 heavy (non-hydrogen) atoms. The van der Waals surface area contributed by atoms with E-state index in [4.69, 9.17) is 4.42 Å². The number of ether oxygens (including phenoxy) is 1. The third kappa shape index (κ3) is 2.71. The molecule has 0 N–H and O–H groups in total. The summed E-state index contributed by atoms with van der Waals surface area (Å²) in [5.41, 5.74) is 0.870. The average Bonchev–Trinajstić information content (AvgIpc) is 2.88. The third-order valence-electron chi connectivity index (χ3n) is 2.90. The highest BCUT2D eigenvalue weighted by atomic mass is 32.2. The second kappa shape index (κ2) is 5.18. The molecule has 1 aliphatic heterocycles. The molecule has 1 aliphatic rings. The van der Waals surface area contributed by atoms with Crippen molar-refractivity contribution in [2.75, 3.05) is 20.2 Å². The first-order chi connectivity index (χ1) is 8.95. The van der Waals surface area contributed by atoms with Gasteiger partial charge in [0, 0.05) is 13.1 Å². The van der Waals surface area contributed by atoms with Crippen molar-refractivity contribution in [3.63, 3.8) is 0 Å². The van der Waals surface area contributed by atoms with E-state index in [9.17, 15) is 13.2 Å². The standard InChI is InChI=1S/C12H15NO5S/c1-9-4-3-7-13(8-9)19(15,16)11-6-5-10(18-11)12(14)17-2/h5-6H,1,3-4,7-8H2,2H3. The van der Waals surface area contributed by atoms with Gasteiger partial charge in [0.15, 0.2) is 0 Å². The molecule has 104 valence electrons. The molecule has 1 aromatic heterocycles. The SMILES string of the molecule is C=C1CCCN(S(=O)(=O)c2ccc(C(=O)OC)o2)C1. The lowest BCUT2D eigenvalue weighted by Gasteiger charge is -2.26. The van der Waals surface area contributed by atoms with Gasteiger partial charge in [-0.3, -0.25) is 0 Å². The average molecular weight is 285 g/mol. The van der Waals surface area contributed by atoms with E-state index in [1.807, 2.05) is 0 Å². The smallest absolute Gasteiger partial charge is 0.374 e. The van der Waals surface area contributed by atoms with Crippen LogP contribution in [-0.4, -0.2) is 38.9 Å². The fraction of sp³-hybridized carbons (Fsp3) is 0.417. The Morgan fingerprint density at radius 3 is 2.84 bits per heavy atom. The minimum absolute atomic E-state index is 0.128. The maximum absolute atomic E-state index is 12.3. The van der Waals surface area contributed by atoms with Gasteiger partial charge in [-0.1, -0.05) is 12.2 Å². The zero-order chi connectivity index (χ0) is 14.0. The summed E-state index contributed by atoms with van der Waals surface area (Å²) in [6, 6.07) is 2.55. The minimum Gasteiger partial charge on any atom is -0.463 e. The van der Waals surface area contributed by atoms with Gasteiger partial charge in [-0.15, -0.1) is 0 Å². The monoisotopic (exact) mass is 285 g/mol.